The zero-order chi connectivity index (χ0) is 15.5. The van der Waals surface area contributed by atoms with Gasteiger partial charge in [-0.1, -0.05) is 13.8 Å². The normalized spacial score (nSPS) is 11.1. The maximum absolute atomic E-state index is 5.75. The molecule has 21 heavy (non-hydrogen) atoms. The maximum atomic E-state index is 5.75. The van der Waals surface area contributed by atoms with Gasteiger partial charge in [0.25, 0.3) is 0 Å². The molecule has 0 bridgehead atoms. The minimum absolute atomic E-state index is 0.309. The Morgan fingerprint density at radius 3 is 2.67 bits per heavy atom. The van der Waals surface area contributed by atoms with Gasteiger partial charge < -0.3 is 19.5 Å². The molecule has 1 aromatic rings. The Labute approximate surface area is 127 Å². The number of hydrogen-bond acceptors (Lipinski definition) is 6. The van der Waals surface area contributed by atoms with Crippen LogP contribution in [0.4, 0.5) is 0 Å². The van der Waals surface area contributed by atoms with Gasteiger partial charge >= 0.3 is 0 Å². The first kappa shape index (κ1) is 17.8. The molecule has 0 saturated carbocycles. The fourth-order valence-electron chi connectivity index (χ4n) is 1.70. The number of rotatable bonds is 11. The first-order chi connectivity index (χ1) is 10.2. The summed E-state index contributed by atoms with van der Waals surface area (Å²) in [5, 5.41) is 3.11. The lowest BCUT2D eigenvalue weighted by molar-refractivity contribution is 0.0643. The molecule has 1 aromatic heterocycles. The lowest BCUT2D eigenvalue weighted by Gasteiger charge is -2.12. The van der Waals surface area contributed by atoms with Crippen LogP contribution in [0.2, 0.25) is 0 Å². The minimum Gasteiger partial charge on any atom is -0.490 e. The number of methoxy groups -OCH3 is 1. The molecule has 0 aliphatic heterocycles. The quantitative estimate of drug-likeness (QED) is 0.628. The highest BCUT2D eigenvalue weighted by Gasteiger charge is 2.10. The van der Waals surface area contributed by atoms with Gasteiger partial charge in [0.2, 0.25) is 0 Å². The number of ether oxygens (including phenoxy) is 3. The molecule has 0 saturated heterocycles. The van der Waals surface area contributed by atoms with Gasteiger partial charge in [-0.05, 0) is 7.05 Å². The molecule has 0 amide bonds. The Morgan fingerprint density at radius 1 is 1.19 bits per heavy atom. The SMILES string of the molecule is CNCc1nc(C(C)C)ncc1OCCCOCCOC. The molecule has 0 atom stereocenters. The molecule has 120 valence electrons. The van der Waals surface area contributed by atoms with Crippen molar-refractivity contribution in [2.24, 2.45) is 0 Å². The summed E-state index contributed by atoms with van der Waals surface area (Å²) >= 11 is 0. The van der Waals surface area contributed by atoms with E-state index in [0.29, 0.717) is 38.9 Å². The van der Waals surface area contributed by atoms with E-state index in [2.05, 4.69) is 29.1 Å². The van der Waals surface area contributed by atoms with Crippen LogP contribution in [-0.2, 0) is 16.0 Å². The molecule has 0 aromatic carbocycles. The summed E-state index contributed by atoms with van der Waals surface area (Å²) in [5.41, 5.74) is 0.900. The van der Waals surface area contributed by atoms with Gasteiger partial charge in [0.05, 0.1) is 31.7 Å². The molecule has 0 spiro atoms. The molecule has 0 fully saturated rings. The van der Waals surface area contributed by atoms with E-state index in [1.54, 1.807) is 13.3 Å². The number of hydrogen-bond donors (Lipinski definition) is 1. The van der Waals surface area contributed by atoms with Crippen LogP contribution in [0.15, 0.2) is 6.20 Å². The Morgan fingerprint density at radius 2 is 2.00 bits per heavy atom. The van der Waals surface area contributed by atoms with Gasteiger partial charge in [-0.3, -0.25) is 0 Å². The average molecular weight is 297 g/mol. The monoisotopic (exact) mass is 297 g/mol. The van der Waals surface area contributed by atoms with E-state index < -0.39 is 0 Å². The fourth-order valence-corrected chi connectivity index (χ4v) is 1.70. The van der Waals surface area contributed by atoms with Crippen molar-refractivity contribution in [1.29, 1.82) is 0 Å². The minimum atomic E-state index is 0.309. The first-order valence-corrected chi connectivity index (χ1v) is 7.39. The third kappa shape index (κ3) is 6.84. The molecule has 6 nitrogen and oxygen atoms in total. The number of nitrogens with zero attached hydrogens (tertiary/aromatic N) is 2. The van der Waals surface area contributed by atoms with E-state index in [0.717, 1.165) is 23.7 Å². The van der Waals surface area contributed by atoms with Crippen LogP contribution in [0.5, 0.6) is 5.75 Å². The molecule has 6 heteroatoms. The summed E-state index contributed by atoms with van der Waals surface area (Å²) in [6, 6.07) is 0. The highest BCUT2D eigenvalue weighted by Crippen LogP contribution is 2.18. The van der Waals surface area contributed by atoms with Crippen LogP contribution in [0.1, 0.15) is 37.7 Å². The largest absolute Gasteiger partial charge is 0.490 e. The first-order valence-electron chi connectivity index (χ1n) is 7.39. The Balaban J connectivity index is 2.42. The van der Waals surface area contributed by atoms with Crippen molar-refractivity contribution in [1.82, 2.24) is 15.3 Å². The summed E-state index contributed by atoms with van der Waals surface area (Å²) in [6.45, 7) is 7.32. The van der Waals surface area contributed by atoms with E-state index in [1.807, 2.05) is 7.05 Å². The smallest absolute Gasteiger partial charge is 0.160 e. The fraction of sp³-hybridized carbons (Fsp3) is 0.733. The Hall–Kier alpha value is -1.24. The van der Waals surface area contributed by atoms with Gasteiger partial charge in [0.1, 0.15) is 5.82 Å². The van der Waals surface area contributed by atoms with Crippen LogP contribution in [0.3, 0.4) is 0 Å². The Bertz CT molecular complexity index is 400. The van der Waals surface area contributed by atoms with Gasteiger partial charge in [-0.15, -0.1) is 0 Å². The lowest BCUT2D eigenvalue weighted by Crippen LogP contribution is -2.13. The zero-order valence-corrected chi connectivity index (χ0v) is 13.5. The van der Waals surface area contributed by atoms with Crippen molar-refractivity contribution in [3.05, 3.63) is 17.7 Å². The van der Waals surface area contributed by atoms with E-state index in [9.17, 15) is 0 Å². The van der Waals surface area contributed by atoms with Crippen molar-refractivity contribution >= 4 is 0 Å². The van der Waals surface area contributed by atoms with Gasteiger partial charge in [-0.2, -0.15) is 0 Å². The molecule has 1 rings (SSSR count). The summed E-state index contributed by atoms with van der Waals surface area (Å²) in [4.78, 5) is 8.90. The van der Waals surface area contributed by atoms with Gasteiger partial charge in [0, 0.05) is 32.6 Å². The predicted octanol–water partition coefficient (Wildman–Crippen LogP) is 1.75. The molecule has 0 unspecified atom stereocenters. The second-order valence-electron chi connectivity index (χ2n) is 5.03. The zero-order valence-electron chi connectivity index (χ0n) is 13.5. The molecular weight excluding hydrogens is 270 g/mol. The average Bonchev–Trinajstić information content (AvgIpc) is 2.47. The van der Waals surface area contributed by atoms with Crippen LogP contribution in [0.25, 0.3) is 0 Å². The second-order valence-corrected chi connectivity index (χ2v) is 5.03. The van der Waals surface area contributed by atoms with Crippen LogP contribution in [0, 0.1) is 0 Å². The van der Waals surface area contributed by atoms with E-state index >= 15 is 0 Å². The summed E-state index contributed by atoms with van der Waals surface area (Å²) < 4.78 is 16.1. The van der Waals surface area contributed by atoms with Gasteiger partial charge in [-0.25, -0.2) is 9.97 Å². The topological polar surface area (TPSA) is 65.5 Å². The van der Waals surface area contributed by atoms with Crippen molar-refractivity contribution < 1.29 is 14.2 Å². The molecule has 0 aliphatic carbocycles. The van der Waals surface area contributed by atoms with Crippen LogP contribution < -0.4 is 10.1 Å². The molecule has 0 aliphatic rings. The molecule has 1 N–H and O–H groups in total. The third-order valence-corrected chi connectivity index (χ3v) is 2.83. The van der Waals surface area contributed by atoms with Crippen molar-refractivity contribution in [2.75, 3.05) is 40.6 Å². The number of nitrogens with one attached hydrogen (secondary N) is 1. The molecule has 1 heterocycles. The molecule has 0 radical (unpaired) electrons. The maximum Gasteiger partial charge on any atom is 0.160 e. The lowest BCUT2D eigenvalue weighted by atomic mass is 10.2. The summed E-state index contributed by atoms with van der Waals surface area (Å²) in [5.74, 6) is 1.89. The predicted molar refractivity (Wildman–Crippen MR) is 81.7 cm³/mol. The van der Waals surface area contributed by atoms with Crippen molar-refractivity contribution in [3.63, 3.8) is 0 Å². The van der Waals surface area contributed by atoms with Gasteiger partial charge in [0.15, 0.2) is 5.75 Å². The highest BCUT2D eigenvalue weighted by molar-refractivity contribution is 5.25. The van der Waals surface area contributed by atoms with Crippen molar-refractivity contribution in [3.8, 4) is 5.75 Å². The molecular formula is C15H27N3O3. The Kier molecular flexibility index (Phi) is 8.89. The number of aromatic nitrogens is 2. The second kappa shape index (κ2) is 10.5. The summed E-state index contributed by atoms with van der Waals surface area (Å²) in [7, 11) is 3.56. The highest BCUT2D eigenvalue weighted by atomic mass is 16.5. The van der Waals surface area contributed by atoms with E-state index in [1.165, 1.54) is 0 Å². The van der Waals surface area contributed by atoms with Crippen LogP contribution >= 0.6 is 0 Å². The van der Waals surface area contributed by atoms with Crippen molar-refractivity contribution in [2.45, 2.75) is 32.7 Å². The van der Waals surface area contributed by atoms with E-state index in [4.69, 9.17) is 14.2 Å². The third-order valence-electron chi connectivity index (χ3n) is 2.83. The van der Waals surface area contributed by atoms with Crippen LogP contribution in [-0.4, -0.2) is 50.6 Å². The summed E-state index contributed by atoms with van der Waals surface area (Å²) in [6.07, 6.45) is 2.59. The van der Waals surface area contributed by atoms with E-state index in [-0.39, 0.29) is 0 Å². The standard InChI is InChI=1S/C15H27N3O3/c1-12(2)15-17-11-14(13(18-15)10-16-3)21-7-5-6-20-9-8-19-4/h11-12,16H,5-10H2,1-4H3.